The molecule has 2 heterocycles. The standard InChI is InChI=1S/C15H15ClN3OP/c16-12-5-8(21)1-2-9(12)11-6-13(15(17)20)19-14-7-18-4-3-10(11)14/h1-2,5-6,18H,3-4,7,21H2,(H2,17,20). The summed E-state index contributed by atoms with van der Waals surface area (Å²) in [6.45, 7) is 1.53. The number of rotatable bonds is 2. The van der Waals surface area contributed by atoms with Gasteiger partial charge in [0.15, 0.2) is 0 Å². The molecule has 3 N–H and O–H groups in total. The van der Waals surface area contributed by atoms with Crippen molar-refractivity contribution in [3.8, 4) is 11.1 Å². The van der Waals surface area contributed by atoms with Crippen molar-refractivity contribution in [1.29, 1.82) is 0 Å². The van der Waals surface area contributed by atoms with Gasteiger partial charge in [-0.1, -0.05) is 23.7 Å². The SMILES string of the molecule is NC(=O)c1cc(-c2ccc(P)cc2Cl)c2c(n1)CNCC2. The summed E-state index contributed by atoms with van der Waals surface area (Å²) in [6, 6.07) is 7.58. The highest BCUT2D eigenvalue weighted by atomic mass is 35.5. The fourth-order valence-corrected chi connectivity index (χ4v) is 3.25. The number of amides is 1. The van der Waals surface area contributed by atoms with Gasteiger partial charge in [-0.25, -0.2) is 4.98 Å². The molecular weight excluding hydrogens is 305 g/mol. The number of nitrogens with one attached hydrogen (secondary N) is 1. The first-order valence-electron chi connectivity index (χ1n) is 6.65. The molecule has 0 fully saturated rings. The Bertz CT molecular complexity index is 733. The van der Waals surface area contributed by atoms with E-state index in [1.54, 1.807) is 6.07 Å². The highest BCUT2D eigenvalue weighted by Crippen LogP contribution is 2.33. The molecule has 1 aromatic carbocycles. The second kappa shape index (κ2) is 5.72. The van der Waals surface area contributed by atoms with Gasteiger partial charge in [0.2, 0.25) is 0 Å². The first kappa shape index (κ1) is 14.5. The average Bonchev–Trinajstić information content (AvgIpc) is 2.46. The Balaban J connectivity index is 2.24. The molecule has 0 bridgehead atoms. The number of carbonyl (C=O) groups is 1. The lowest BCUT2D eigenvalue weighted by Gasteiger charge is -2.21. The summed E-state index contributed by atoms with van der Waals surface area (Å²) in [5.41, 5.74) is 9.54. The molecule has 4 nitrogen and oxygen atoms in total. The fraction of sp³-hybridized carbons (Fsp3) is 0.200. The van der Waals surface area contributed by atoms with Gasteiger partial charge in [0.1, 0.15) is 5.69 Å². The highest BCUT2D eigenvalue weighted by molar-refractivity contribution is 7.27. The van der Waals surface area contributed by atoms with Crippen LogP contribution >= 0.6 is 20.8 Å². The van der Waals surface area contributed by atoms with E-state index in [4.69, 9.17) is 17.3 Å². The number of hydrogen-bond donors (Lipinski definition) is 2. The third-order valence-corrected chi connectivity index (χ3v) is 4.26. The van der Waals surface area contributed by atoms with Crippen molar-refractivity contribution in [2.75, 3.05) is 6.54 Å². The normalized spacial score (nSPS) is 13.8. The van der Waals surface area contributed by atoms with Gasteiger partial charge in [-0.3, -0.25) is 4.79 Å². The molecule has 3 rings (SSSR count). The topological polar surface area (TPSA) is 68.0 Å². The molecule has 0 spiro atoms. The van der Waals surface area contributed by atoms with Crippen LogP contribution in [-0.4, -0.2) is 17.4 Å². The monoisotopic (exact) mass is 319 g/mol. The Morgan fingerprint density at radius 1 is 1.33 bits per heavy atom. The minimum atomic E-state index is -0.525. The third-order valence-electron chi connectivity index (χ3n) is 3.59. The highest BCUT2D eigenvalue weighted by Gasteiger charge is 2.20. The molecule has 108 valence electrons. The summed E-state index contributed by atoms with van der Waals surface area (Å²) in [4.78, 5) is 15.9. The van der Waals surface area contributed by atoms with E-state index in [9.17, 15) is 4.79 Å². The molecule has 0 saturated heterocycles. The Morgan fingerprint density at radius 2 is 2.14 bits per heavy atom. The second-order valence-corrected chi connectivity index (χ2v) is 6.08. The predicted octanol–water partition coefficient (Wildman–Crippen LogP) is 1.65. The zero-order chi connectivity index (χ0) is 15.0. The van der Waals surface area contributed by atoms with E-state index in [2.05, 4.69) is 19.5 Å². The van der Waals surface area contributed by atoms with Gasteiger partial charge in [0.25, 0.3) is 5.91 Å². The molecule has 21 heavy (non-hydrogen) atoms. The van der Waals surface area contributed by atoms with Gasteiger partial charge >= 0.3 is 0 Å². The number of hydrogen-bond acceptors (Lipinski definition) is 3. The van der Waals surface area contributed by atoms with Crippen LogP contribution in [0.25, 0.3) is 11.1 Å². The summed E-state index contributed by atoms with van der Waals surface area (Å²) in [6.07, 6.45) is 0.857. The van der Waals surface area contributed by atoms with Gasteiger partial charge in [-0.05, 0) is 41.5 Å². The van der Waals surface area contributed by atoms with Crippen molar-refractivity contribution < 1.29 is 4.79 Å². The van der Waals surface area contributed by atoms with Crippen molar-refractivity contribution in [2.24, 2.45) is 5.73 Å². The van der Waals surface area contributed by atoms with Gasteiger partial charge in [-0.15, -0.1) is 9.24 Å². The Kier molecular flexibility index (Phi) is 3.94. The minimum absolute atomic E-state index is 0.276. The first-order valence-corrected chi connectivity index (χ1v) is 7.60. The van der Waals surface area contributed by atoms with Crippen LogP contribution < -0.4 is 16.4 Å². The van der Waals surface area contributed by atoms with Gasteiger partial charge in [0.05, 0.1) is 5.69 Å². The number of nitrogens with two attached hydrogens (primary N) is 1. The quantitative estimate of drug-likeness (QED) is 0.827. The molecule has 1 aromatic heterocycles. The lowest BCUT2D eigenvalue weighted by atomic mass is 9.94. The van der Waals surface area contributed by atoms with E-state index < -0.39 is 5.91 Å². The van der Waals surface area contributed by atoms with Crippen molar-refractivity contribution in [1.82, 2.24) is 10.3 Å². The maximum atomic E-state index is 11.5. The van der Waals surface area contributed by atoms with Crippen molar-refractivity contribution >= 4 is 32.1 Å². The zero-order valence-corrected chi connectivity index (χ0v) is 13.2. The Labute approximate surface area is 130 Å². The smallest absolute Gasteiger partial charge is 0.267 e. The summed E-state index contributed by atoms with van der Waals surface area (Å²) in [5.74, 6) is -0.525. The molecule has 6 heteroatoms. The molecule has 0 aliphatic carbocycles. The summed E-state index contributed by atoms with van der Waals surface area (Å²) >= 11 is 6.37. The molecule has 1 aliphatic heterocycles. The van der Waals surface area contributed by atoms with Crippen LogP contribution in [0, 0.1) is 0 Å². The Hall–Kier alpha value is -1.48. The molecule has 1 unspecified atom stereocenters. The second-order valence-electron chi connectivity index (χ2n) is 5.01. The predicted molar refractivity (Wildman–Crippen MR) is 88.0 cm³/mol. The number of pyridine rings is 1. The zero-order valence-electron chi connectivity index (χ0n) is 11.3. The molecule has 1 atom stereocenters. The van der Waals surface area contributed by atoms with Gasteiger partial charge < -0.3 is 11.1 Å². The van der Waals surface area contributed by atoms with E-state index >= 15 is 0 Å². The first-order chi connectivity index (χ1) is 10.1. The third kappa shape index (κ3) is 2.80. The van der Waals surface area contributed by atoms with Crippen LogP contribution in [0.5, 0.6) is 0 Å². The van der Waals surface area contributed by atoms with Crippen LogP contribution in [0.4, 0.5) is 0 Å². The lowest BCUT2D eigenvalue weighted by Crippen LogP contribution is -2.27. The number of benzene rings is 1. The van der Waals surface area contributed by atoms with Crippen molar-refractivity contribution in [3.63, 3.8) is 0 Å². The van der Waals surface area contributed by atoms with E-state index in [1.807, 2.05) is 18.2 Å². The number of fused-ring (bicyclic) bond motifs is 1. The molecule has 1 amide bonds. The van der Waals surface area contributed by atoms with Crippen LogP contribution in [0.2, 0.25) is 5.02 Å². The average molecular weight is 320 g/mol. The van der Waals surface area contributed by atoms with E-state index in [0.29, 0.717) is 11.6 Å². The van der Waals surface area contributed by atoms with E-state index in [0.717, 1.165) is 40.7 Å². The number of carbonyl (C=O) groups excluding carboxylic acids is 1. The van der Waals surface area contributed by atoms with Gasteiger partial charge in [0, 0.05) is 17.1 Å². The molecule has 0 radical (unpaired) electrons. The Morgan fingerprint density at radius 3 is 2.86 bits per heavy atom. The summed E-state index contributed by atoms with van der Waals surface area (Å²) in [5, 5.41) is 4.93. The fourth-order valence-electron chi connectivity index (χ4n) is 2.59. The maximum Gasteiger partial charge on any atom is 0.267 e. The minimum Gasteiger partial charge on any atom is -0.364 e. The summed E-state index contributed by atoms with van der Waals surface area (Å²) in [7, 11) is 2.62. The van der Waals surface area contributed by atoms with Gasteiger partial charge in [-0.2, -0.15) is 0 Å². The van der Waals surface area contributed by atoms with E-state index in [-0.39, 0.29) is 5.69 Å². The number of halogens is 1. The lowest BCUT2D eigenvalue weighted by molar-refractivity contribution is 0.0995. The van der Waals surface area contributed by atoms with Crippen LogP contribution in [-0.2, 0) is 13.0 Å². The molecule has 0 saturated carbocycles. The number of nitrogens with zero attached hydrogens (tertiary/aromatic N) is 1. The van der Waals surface area contributed by atoms with Crippen LogP contribution in [0.15, 0.2) is 24.3 Å². The van der Waals surface area contributed by atoms with E-state index in [1.165, 1.54) is 0 Å². The van der Waals surface area contributed by atoms with Crippen LogP contribution in [0.1, 0.15) is 21.7 Å². The number of aromatic nitrogens is 1. The molecule has 2 aromatic rings. The molecular formula is C15H15ClN3OP. The largest absolute Gasteiger partial charge is 0.364 e. The van der Waals surface area contributed by atoms with Crippen molar-refractivity contribution in [2.45, 2.75) is 13.0 Å². The maximum absolute atomic E-state index is 11.5. The summed E-state index contributed by atoms with van der Waals surface area (Å²) < 4.78 is 0. The number of primary amides is 1. The molecule has 1 aliphatic rings. The van der Waals surface area contributed by atoms with Crippen LogP contribution in [0.3, 0.4) is 0 Å². The van der Waals surface area contributed by atoms with Crippen molar-refractivity contribution in [3.05, 3.63) is 46.2 Å².